The summed E-state index contributed by atoms with van der Waals surface area (Å²) in [7, 11) is -1.57. The number of nitrogens with one attached hydrogen (secondary N) is 2. The van der Waals surface area contributed by atoms with Crippen LogP contribution in [0.3, 0.4) is 0 Å². The number of rotatable bonds is 5. The molecule has 0 aliphatic carbocycles. The summed E-state index contributed by atoms with van der Waals surface area (Å²) < 4.78 is 26.5. The van der Waals surface area contributed by atoms with Crippen LogP contribution in [0.4, 0.5) is 17.3 Å². The summed E-state index contributed by atoms with van der Waals surface area (Å²) in [6, 6.07) is 17.0. The second-order valence-corrected chi connectivity index (χ2v) is 10.5. The van der Waals surface area contributed by atoms with Gasteiger partial charge >= 0.3 is 0 Å². The minimum absolute atomic E-state index is 0.148. The molecule has 0 radical (unpaired) electrons. The zero-order valence-corrected chi connectivity index (χ0v) is 20.2. The van der Waals surface area contributed by atoms with Crippen LogP contribution < -0.4 is 10.6 Å². The zero-order valence-electron chi connectivity index (χ0n) is 17.1. The summed E-state index contributed by atoms with van der Waals surface area (Å²) in [6.45, 7) is 0. The predicted octanol–water partition coefficient (Wildman–Crippen LogP) is 5.39. The van der Waals surface area contributed by atoms with Crippen molar-refractivity contribution in [2.24, 2.45) is 7.05 Å². The number of anilines is 3. The highest BCUT2D eigenvalue weighted by atomic mass is 79.9. The first-order valence-corrected chi connectivity index (χ1v) is 12.5. The van der Waals surface area contributed by atoms with Crippen molar-refractivity contribution in [2.45, 2.75) is 4.90 Å². The van der Waals surface area contributed by atoms with Crippen molar-refractivity contribution in [1.82, 2.24) is 9.55 Å². The van der Waals surface area contributed by atoms with Crippen molar-refractivity contribution in [3.63, 3.8) is 0 Å². The fourth-order valence-corrected chi connectivity index (χ4v) is 4.22. The number of aromatic nitrogens is 2. The number of benzene rings is 3. The molecule has 2 N–H and O–H groups in total. The normalized spacial score (nSPS) is 11.5. The van der Waals surface area contributed by atoms with Crippen LogP contribution >= 0.6 is 27.5 Å². The average Bonchev–Trinajstić information content (AvgIpc) is 3.05. The summed E-state index contributed by atoms with van der Waals surface area (Å²) in [5, 5.41) is 6.30. The second kappa shape index (κ2) is 8.57. The molecule has 10 heteroatoms. The van der Waals surface area contributed by atoms with E-state index in [1.807, 2.05) is 19.2 Å². The molecule has 0 atom stereocenters. The van der Waals surface area contributed by atoms with E-state index < -0.39 is 9.84 Å². The van der Waals surface area contributed by atoms with Crippen LogP contribution in [0.25, 0.3) is 11.0 Å². The van der Waals surface area contributed by atoms with Crippen LogP contribution in [0.15, 0.2) is 70.0 Å². The van der Waals surface area contributed by atoms with Crippen LogP contribution in [0.1, 0.15) is 10.4 Å². The lowest BCUT2D eigenvalue weighted by Crippen LogP contribution is -2.11. The number of halogens is 2. The number of nitrogens with zero attached hydrogens (tertiary/aromatic N) is 2. The number of amides is 1. The maximum atomic E-state index is 12.7. The molecule has 0 aliphatic heterocycles. The summed E-state index contributed by atoms with van der Waals surface area (Å²) in [5.41, 5.74) is 2.96. The van der Waals surface area contributed by atoms with Gasteiger partial charge < -0.3 is 15.2 Å². The number of sulfone groups is 1. The van der Waals surface area contributed by atoms with E-state index in [1.165, 1.54) is 18.2 Å². The fourth-order valence-electron chi connectivity index (χ4n) is 3.14. The summed E-state index contributed by atoms with van der Waals surface area (Å²) >= 11 is 9.62. The van der Waals surface area contributed by atoms with Gasteiger partial charge in [-0.05, 0) is 60.7 Å². The summed E-state index contributed by atoms with van der Waals surface area (Å²) in [4.78, 5) is 17.4. The number of hydrogen-bond acceptors (Lipinski definition) is 5. The summed E-state index contributed by atoms with van der Waals surface area (Å²) in [6.07, 6.45) is 1.13. The first-order valence-electron chi connectivity index (χ1n) is 9.42. The third-order valence-corrected chi connectivity index (χ3v) is 6.83. The van der Waals surface area contributed by atoms with Crippen molar-refractivity contribution in [3.05, 3.63) is 75.7 Å². The molecular weight excluding hydrogens is 516 g/mol. The number of fused-ring (bicyclic) bond motifs is 1. The Balaban J connectivity index is 1.63. The van der Waals surface area contributed by atoms with E-state index in [1.54, 1.807) is 34.9 Å². The van der Waals surface area contributed by atoms with Crippen LogP contribution in [0, 0.1) is 0 Å². The molecule has 0 fully saturated rings. The molecule has 7 nitrogen and oxygen atoms in total. The van der Waals surface area contributed by atoms with Crippen LogP contribution in [-0.4, -0.2) is 30.1 Å². The van der Waals surface area contributed by atoms with Gasteiger partial charge in [0.05, 0.1) is 26.6 Å². The van der Waals surface area contributed by atoms with E-state index in [0.29, 0.717) is 33.4 Å². The minimum Gasteiger partial charge on any atom is -0.324 e. The molecule has 1 heterocycles. The standard InChI is InChI=1S/C22H18BrClN4O3S/c1-28-20-10-3-13(21(29)25-15-6-4-14(23)5-7-15)11-19(20)27-22(28)26-18-12-16(32(2,30)31)8-9-17(18)24/h3-12H,1-2H3,(H,25,29)(H,26,27). The molecule has 4 rings (SSSR count). The van der Waals surface area contributed by atoms with E-state index in [0.717, 1.165) is 16.2 Å². The lowest BCUT2D eigenvalue weighted by Gasteiger charge is -2.09. The molecule has 0 bridgehead atoms. The third-order valence-electron chi connectivity index (χ3n) is 4.86. The van der Waals surface area contributed by atoms with Crippen molar-refractivity contribution < 1.29 is 13.2 Å². The van der Waals surface area contributed by atoms with E-state index >= 15 is 0 Å². The van der Waals surface area contributed by atoms with Crippen molar-refractivity contribution >= 4 is 71.6 Å². The maximum Gasteiger partial charge on any atom is 0.255 e. The number of aryl methyl sites for hydroxylation is 1. The number of imidazole rings is 1. The van der Waals surface area contributed by atoms with Gasteiger partial charge in [0.1, 0.15) is 0 Å². The fraction of sp³-hybridized carbons (Fsp3) is 0.0909. The highest BCUT2D eigenvalue weighted by Gasteiger charge is 2.15. The smallest absolute Gasteiger partial charge is 0.255 e. The van der Waals surface area contributed by atoms with Crippen molar-refractivity contribution in [3.8, 4) is 0 Å². The zero-order chi connectivity index (χ0) is 23.0. The Kier molecular flexibility index (Phi) is 5.98. The van der Waals surface area contributed by atoms with Crippen LogP contribution in [0.5, 0.6) is 0 Å². The predicted molar refractivity (Wildman–Crippen MR) is 131 cm³/mol. The monoisotopic (exact) mass is 532 g/mol. The number of carbonyl (C=O) groups excluding carboxylic acids is 1. The molecule has 3 aromatic carbocycles. The van der Waals surface area contributed by atoms with Gasteiger partial charge in [-0.25, -0.2) is 13.4 Å². The van der Waals surface area contributed by atoms with Gasteiger partial charge in [-0.1, -0.05) is 27.5 Å². The molecule has 4 aromatic rings. The average molecular weight is 534 g/mol. The molecule has 0 aliphatic rings. The molecular formula is C22H18BrClN4O3S. The van der Waals surface area contributed by atoms with Gasteiger partial charge in [0.15, 0.2) is 9.84 Å². The summed E-state index contributed by atoms with van der Waals surface area (Å²) in [5.74, 6) is 0.205. The number of carbonyl (C=O) groups is 1. The van der Waals surface area contributed by atoms with Gasteiger partial charge in [-0.3, -0.25) is 4.79 Å². The largest absolute Gasteiger partial charge is 0.324 e. The Hall–Kier alpha value is -2.88. The van der Waals surface area contributed by atoms with Gasteiger partial charge in [-0.2, -0.15) is 0 Å². The first kappa shape index (κ1) is 22.3. The van der Waals surface area contributed by atoms with E-state index in [-0.39, 0.29) is 10.8 Å². The quantitative estimate of drug-likeness (QED) is 0.359. The van der Waals surface area contributed by atoms with E-state index in [9.17, 15) is 13.2 Å². The highest BCUT2D eigenvalue weighted by molar-refractivity contribution is 9.10. The van der Waals surface area contributed by atoms with Gasteiger partial charge in [0.25, 0.3) is 5.91 Å². The number of hydrogen-bond donors (Lipinski definition) is 2. The molecule has 1 amide bonds. The molecule has 32 heavy (non-hydrogen) atoms. The van der Waals surface area contributed by atoms with E-state index in [4.69, 9.17) is 11.6 Å². The molecule has 0 spiro atoms. The van der Waals surface area contributed by atoms with Crippen molar-refractivity contribution in [2.75, 3.05) is 16.9 Å². The maximum absolute atomic E-state index is 12.7. The van der Waals surface area contributed by atoms with E-state index in [2.05, 4.69) is 31.5 Å². The van der Waals surface area contributed by atoms with Gasteiger partial charge in [0, 0.05) is 29.0 Å². The Morgan fingerprint density at radius 1 is 1.06 bits per heavy atom. The highest BCUT2D eigenvalue weighted by Crippen LogP contribution is 2.29. The Bertz CT molecular complexity index is 1450. The molecule has 0 saturated carbocycles. The van der Waals surface area contributed by atoms with Gasteiger partial charge in [0.2, 0.25) is 5.95 Å². The van der Waals surface area contributed by atoms with Crippen LogP contribution in [0.2, 0.25) is 5.02 Å². The SMILES string of the molecule is Cn1c(Nc2cc(S(C)(=O)=O)ccc2Cl)nc2cc(C(=O)Nc3ccc(Br)cc3)ccc21. The van der Waals surface area contributed by atoms with Crippen molar-refractivity contribution in [1.29, 1.82) is 0 Å². The Labute approximate surface area is 198 Å². The second-order valence-electron chi connectivity index (χ2n) is 7.20. The minimum atomic E-state index is -3.39. The van der Waals surface area contributed by atoms with Crippen LogP contribution in [-0.2, 0) is 16.9 Å². The first-order chi connectivity index (χ1) is 15.1. The topological polar surface area (TPSA) is 93.1 Å². The molecule has 0 unspecified atom stereocenters. The lowest BCUT2D eigenvalue weighted by molar-refractivity contribution is 0.102. The van der Waals surface area contributed by atoms with Gasteiger partial charge in [-0.15, -0.1) is 0 Å². The lowest BCUT2D eigenvalue weighted by atomic mass is 10.2. The molecule has 1 aromatic heterocycles. The third kappa shape index (κ3) is 4.64. The Morgan fingerprint density at radius 3 is 2.47 bits per heavy atom. The Morgan fingerprint density at radius 2 is 1.78 bits per heavy atom. The molecule has 164 valence electrons. The molecule has 0 saturated heterocycles.